The maximum atomic E-state index is 13.4. The molecule has 2 heterocycles. The number of carbonyl (C=O) groups excluding carboxylic acids is 2. The van der Waals surface area contributed by atoms with Crippen molar-refractivity contribution < 1.29 is 9.59 Å². The second kappa shape index (κ2) is 9.23. The lowest BCUT2D eigenvalue weighted by molar-refractivity contribution is -0.143. The van der Waals surface area contributed by atoms with Gasteiger partial charge in [0.05, 0.1) is 0 Å². The highest BCUT2D eigenvalue weighted by Crippen LogP contribution is 2.28. The van der Waals surface area contributed by atoms with E-state index in [1.807, 2.05) is 30.3 Å². The van der Waals surface area contributed by atoms with E-state index in [4.69, 9.17) is 0 Å². The van der Waals surface area contributed by atoms with Gasteiger partial charge in [-0.1, -0.05) is 54.6 Å². The van der Waals surface area contributed by atoms with Crippen LogP contribution in [0.4, 0.5) is 0 Å². The van der Waals surface area contributed by atoms with Crippen molar-refractivity contribution in [2.75, 3.05) is 19.6 Å². The van der Waals surface area contributed by atoms with Crippen LogP contribution in [-0.2, 0) is 22.6 Å². The van der Waals surface area contributed by atoms with Gasteiger partial charge in [-0.05, 0) is 49.8 Å². The summed E-state index contributed by atoms with van der Waals surface area (Å²) in [6.45, 7) is 7.42. The molecule has 2 aliphatic heterocycles. The first-order valence-corrected chi connectivity index (χ1v) is 11.4. The van der Waals surface area contributed by atoms with Crippen molar-refractivity contribution in [1.82, 2.24) is 15.1 Å². The third kappa shape index (κ3) is 4.82. The Morgan fingerprint density at radius 2 is 1.68 bits per heavy atom. The van der Waals surface area contributed by atoms with E-state index in [0.29, 0.717) is 19.5 Å². The number of nitrogens with zero attached hydrogens (tertiary/aromatic N) is 2. The highest BCUT2D eigenvalue weighted by atomic mass is 16.2. The van der Waals surface area contributed by atoms with Gasteiger partial charge in [0, 0.05) is 38.1 Å². The minimum Gasteiger partial charge on any atom is -0.352 e. The zero-order valence-electron chi connectivity index (χ0n) is 18.6. The summed E-state index contributed by atoms with van der Waals surface area (Å²) in [5, 5.41) is 3.19. The minimum absolute atomic E-state index is 0.0714. The van der Waals surface area contributed by atoms with E-state index in [1.165, 1.54) is 11.1 Å². The average molecular weight is 420 g/mol. The SMILES string of the molecule is CC(C)(CNC(=O)C(c1ccccc1)N1CCCCC1=O)N1CCc2ccccc2C1. The third-order valence-electron chi connectivity index (χ3n) is 6.72. The highest BCUT2D eigenvalue weighted by Gasteiger charge is 2.35. The zero-order valence-corrected chi connectivity index (χ0v) is 18.6. The second-order valence-corrected chi connectivity index (χ2v) is 9.33. The van der Waals surface area contributed by atoms with Gasteiger partial charge >= 0.3 is 0 Å². The summed E-state index contributed by atoms with van der Waals surface area (Å²) < 4.78 is 0. The number of hydrogen-bond donors (Lipinski definition) is 1. The first kappa shape index (κ1) is 21.6. The van der Waals surface area contributed by atoms with Crippen LogP contribution >= 0.6 is 0 Å². The van der Waals surface area contributed by atoms with Gasteiger partial charge in [0.15, 0.2) is 0 Å². The number of fused-ring (bicyclic) bond motifs is 1. The maximum absolute atomic E-state index is 13.4. The Morgan fingerprint density at radius 3 is 2.42 bits per heavy atom. The summed E-state index contributed by atoms with van der Waals surface area (Å²) >= 11 is 0. The fourth-order valence-electron chi connectivity index (χ4n) is 4.73. The van der Waals surface area contributed by atoms with Crippen LogP contribution in [0.15, 0.2) is 54.6 Å². The number of nitrogens with one attached hydrogen (secondary N) is 1. The molecule has 1 N–H and O–H groups in total. The van der Waals surface area contributed by atoms with Gasteiger partial charge in [0.1, 0.15) is 6.04 Å². The molecule has 0 aromatic heterocycles. The lowest BCUT2D eigenvalue weighted by atomic mass is 9.93. The van der Waals surface area contributed by atoms with Gasteiger partial charge in [-0.2, -0.15) is 0 Å². The maximum Gasteiger partial charge on any atom is 0.247 e. The smallest absolute Gasteiger partial charge is 0.247 e. The van der Waals surface area contributed by atoms with E-state index in [0.717, 1.165) is 37.9 Å². The molecule has 2 aromatic rings. The number of amides is 2. The molecule has 164 valence electrons. The van der Waals surface area contributed by atoms with E-state index >= 15 is 0 Å². The average Bonchev–Trinajstić information content (AvgIpc) is 2.79. The van der Waals surface area contributed by atoms with E-state index in [1.54, 1.807) is 4.90 Å². The van der Waals surface area contributed by atoms with Crippen LogP contribution in [-0.4, -0.2) is 46.8 Å². The lowest BCUT2D eigenvalue weighted by Gasteiger charge is -2.42. The van der Waals surface area contributed by atoms with Crippen LogP contribution in [0.25, 0.3) is 0 Å². The fraction of sp³-hybridized carbons (Fsp3) is 0.462. The summed E-state index contributed by atoms with van der Waals surface area (Å²) in [5.41, 5.74) is 3.48. The number of hydrogen-bond acceptors (Lipinski definition) is 3. The van der Waals surface area contributed by atoms with E-state index in [9.17, 15) is 9.59 Å². The molecule has 31 heavy (non-hydrogen) atoms. The number of carbonyl (C=O) groups is 2. The molecule has 1 saturated heterocycles. The predicted octanol–water partition coefficient (Wildman–Crippen LogP) is 3.69. The predicted molar refractivity (Wildman–Crippen MR) is 122 cm³/mol. The van der Waals surface area contributed by atoms with Crippen LogP contribution in [0.3, 0.4) is 0 Å². The Morgan fingerprint density at radius 1 is 0.968 bits per heavy atom. The summed E-state index contributed by atoms with van der Waals surface area (Å²) in [6, 6.07) is 17.7. The molecule has 0 spiro atoms. The molecule has 2 amide bonds. The van der Waals surface area contributed by atoms with E-state index < -0.39 is 6.04 Å². The normalized spacial score (nSPS) is 18.4. The van der Waals surface area contributed by atoms with Crippen molar-refractivity contribution >= 4 is 11.8 Å². The summed E-state index contributed by atoms with van der Waals surface area (Å²) in [6.07, 6.45) is 3.40. The molecule has 1 fully saturated rings. The summed E-state index contributed by atoms with van der Waals surface area (Å²) in [7, 11) is 0. The topological polar surface area (TPSA) is 52.7 Å². The van der Waals surface area contributed by atoms with Crippen LogP contribution in [0.1, 0.15) is 55.8 Å². The molecule has 0 bridgehead atoms. The van der Waals surface area contributed by atoms with Crippen molar-refractivity contribution in [2.24, 2.45) is 0 Å². The van der Waals surface area contributed by atoms with Crippen molar-refractivity contribution in [2.45, 2.75) is 57.7 Å². The fourth-order valence-corrected chi connectivity index (χ4v) is 4.73. The van der Waals surface area contributed by atoms with Gasteiger partial charge in [0.25, 0.3) is 0 Å². The molecular formula is C26H33N3O2. The molecule has 2 aliphatic rings. The van der Waals surface area contributed by atoms with Crippen molar-refractivity contribution in [3.8, 4) is 0 Å². The number of likely N-dealkylation sites (tertiary alicyclic amines) is 1. The molecule has 1 atom stereocenters. The van der Waals surface area contributed by atoms with Gasteiger partial charge in [-0.15, -0.1) is 0 Å². The van der Waals surface area contributed by atoms with E-state index in [2.05, 4.69) is 48.3 Å². The quantitative estimate of drug-likeness (QED) is 0.777. The first-order valence-electron chi connectivity index (χ1n) is 11.4. The Kier molecular flexibility index (Phi) is 6.42. The third-order valence-corrected chi connectivity index (χ3v) is 6.72. The Balaban J connectivity index is 1.46. The minimum atomic E-state index is -0.563. The largest absolute Gasteiger partial charge is 0.352 e. The number of benzene rings is 2. The number of piperidine rings is 1. The number of rotatable bonds is 6. The molecule has 5 nitrogen and oxygen atoms in total. The lowest BCUT2D eigenvalue weighted by Crippen LogP contribution is -2.55. The van der Waals surface area contributed by atoms with Crippen molar-refractivity contribution in [3.63, 3.8) is 0 Å². The Hall–Kier alpha value is -2.66. The first-order chi connectivity index (χ1) is 15.0. The standard InChI is InChI=1S/C26H33N3O2/c1-26(2,28-17-15-20-10-6-7-13-22(20)18-28)19-27-25(31)24(21-11-4-3-5-12-21)29-16-9-8-14-23(29)30/h3-7,10-13,24H,8-9,14-19H2,1-2H3,(H,27,31). The van der Waals surface area contributed by atoms with Crippen molar-refractivity contribution in [1.29, 1.82) is 0 Å². The molecule has 0 saturated carbocycles. The molecular weight excluding hydrogens is 386 g/mol. The molecule has 2 aromatic carbocycles. The van der Waals surface area contributed by atoms with Gasteiger partial charge in [-0.3, -0.25) is 14.5 Å². The molecule has 5 heteroatoms. The zero-order chi connectivity index (χ0) is 21.8. The van der Waals surface area contributed by atoms with Crippen LogP contribution in [0.2, 0.25) is 0 Å². The highest BCUT2D eigenvalue weighted by molar-refractivity contribution is 5.89. The van der Waals surface area contributed by atoms with Crippen LogP contribution in [0.5, 0.6) is 0 Å². The molecule has 1 unspecified atom stereocenters. The monoisotopic (exact) mass is 419 g/mol. The Bertz CT molecular complexity index is 925. The van der Waals surface area contributed by atoms with Gasteiger partial charge in [-0.25, -0.2) is 0 Å². The summed E-state index contributed by atoms with van der Waals surface area (Å²) in [4.78, 5) is 30.2. The van der Waals surface area contributed by atoms with Gasteiger partial charge < -0.3 is 10.2 Å². The Labute approximate surface area is 185 Å². The van der Waals surface area contributed by atoms with Crippen LogP contribution < -0.4 is 5.32 Å². The van der Waals surface area contributed by atoms with Crippen molar-refractivity contribution in [3.05, 3.63) is 71.3 Å². The summed E-state index contributed by atoms with van der Waals surface area (Å²) in [5.74, 6) is -0.0194. The molecule has 0 radical (unpaired) electrons. The second-order valence-electron chi connectivity index (χ2n) is 9.33. The molecule has 4 rings (SSSR count). The van der Waals surface area contributed by atoms with E-state index in [-0.39, 0.29) is 17.4 Å². The van der Waals surface area contributed by atoms with Crippen LogP contribution in [0, 0.1) is 0 Å². The van der Waals surface area contributed by atoms with Gasteiger partial charge in [0.2, 0.25) is 11.8 Å². The molecule has 0 aliphatic carbocycles.